The van der Waals surface area contributed by atoms with Gasteiger partial charge in [-0.2, -0.15) is 0 Å². The maximum absolute atomic E-state index is 12.9. The van der Waals surface area contributed by atoms with E-state index in [0.29, 0.717) is 19.3 Å². The molecule has 0 aliphatic carbocycles. The Morgan fingerprint density at radius 3 is 1.08 bits per heavy atom. The fourth-order valence-corrected chi connectivity index (χ4v) is 8.13. The molecule has 0 aromatic rings. The van der Waals surface area contributed by atoms with E-state index in [0.717, 1.165) is 57.8 Å². The summed E-state index contributed by atoms with van der Waals surface area (Å²) in [5.41, 5.74) is 0. The van der Waals surface area contributed by atoms with E-state index < -0.39 is 24.5 Å². The molecular weight excluding hydrogens is 753 g/mol. The molecule has 0 fully saturated rings. The van der Waals surface area contributed by atoms with Crippen LogP contribution >= 0.6 is 0 Å². The van der Waals surface area contributed by atoms with Crippen LogP contribution in [0.25, 0.3) is 0 Å². The smallest absolute Gasteiger partial charge is 0.328 e. The van der Waals surface area contributed by atoms with Crippen molar-refractivity contribution in [2.24, 2.45) is 0 Å². The van der Waals surface area contributed by atoms with Crippen molar-refractivity contribution in [3.8, 4) is 0 Å². The van der Waals surface area contributed by atoms with E-state index in [1.807, 2.05) is 0 Å². The Morgan fingerprint density at radius 2 is 0.750 bits per heavy atom. The average Bonchev–Trinajstić information content (AvgIpc) is 3.23. The maximum Gasteiger partial charge on any atom is 0.328 e. The first-order valence-electron chi connectivity index (χ1n) is 25.9. The standard InChI is InChI=1S/C51H98N2O7/c1-3-5-7-9-11-13-15-17-19-20-22-24-26-28-30-35-39-43-50(57)60-46(40-36-32-29-27-25-23-21-18-16-14-12-10-8-6-4-2)41-37-33-31-34-38-42-48(55)52-44-49(56)53-47(45-54)51(58)59/h46-47,54H,3-45H2,1-2H3,(H,52,55)(H,53,56)(H,58,59). The number of carboxylic acids is 1. The minimum atomic E-state index is -1.38. The summed E-state index contributed by atoms with van der Waals surface area (Å²) in [5.74, 6) is -2.26. The Hall–Kier alpha value is -2.16. The molecule has 0 aliphatic heterocycles. The number of nitrogens with one attached hydrogen (secondary N) is 2. The number of carbonyl (C=O) groups excluding carboxylic acids is 3. The van der Waals surface area contributed by atoms with E-state index in [-0.39, 0.29) is 24.5 Å². The molecule has 4 N–H and O–H groups in total. The van der Waals surface area contributed by atoms with Crippen molar-refractivity contribution in [1.29, 1.82) is 0 Å². The van der Waals surface area contributed by atoms with E-state index in [1.54, 1.807) is 0 Å². The van der Waals surface area contributed by atoms with Crippen molar-refractivity contribution < 1.29 is 34.1 Å². The topological polar surface area (TPSA) is 142 Å². The number of aliphatic carboxylic acids is 1. The van der Waals surface area contributed by atoms with E-state index >= 15 is 0 Å². The Balaban J connectivity index is 4.25. The summed E-state index contributed by atoms with van der Waals surface area (Å²) < 4.78 is 6.08. The van der Waals surface area contributed by atoms with Gasteiger partial charge in [-0.3, -0.25) is 14.4 Å². The lowest BCUT2D eigenvalue weighted by Gasteiger charge is -2.18. The first-order valence-corrected chi connectivity index (χ1v) is 25.9. The predicted octanol–water partition coefficient (Wildman–Crippen LogP) is 13.6. The third-order valence-electron chi connectivity index (χ3n) is 12.1. The van der Waals surface area contributed by atoms with Crippen molar-refractivity contribution in [2.75, 3.05) is 13.2 Å². The highest BCUT2D eigenvalue weighted by molar-refractivity contribution is 5.87. The summed E-state index contributed by atoms with van der Waals surface area (Å²) in [7, 11) is 0. The molecule has 60 heavy (non-hydrogen) atoms. The van der Waals surface area contributed by atoms with Crippen LogP contribution in [0.1, 0.15) is 277 Å². The van der Waals surface area contributed by atoms with E-state index in [1.165, 1.54) is 186 Å². The van der Waals surface area contributed by atoms with Gasteiger partial charge in [0.05, 0.1) is 13.2 Å². The Labute approximate surface area is 369 Å². The maximum atomic E-state index is 12.9. The lowest BCUT2D eigenvalue weighted by Crippen LogP contribution is -2.47. The summed E-state index contributed by atoms with van der Waals surface area (Å²) in [6.07, 6.45) is 49.9. The monoisotopic (exact) mass is 851 g/mol. The number of esters is 1. The van der Waals surface area contributed by atoms with Crippen LogP contribution in [-0.2, 0) is 23.9 Å². The number of aliphatic hydroxyl groups excluding tert-OH is 1. The van der Waals surface area contributed by atoms with Gasteiger partial charge in [0, 0.05) is 12.8 Å². The van der Waals surface area contributed by atoms with Crippen molar-refractivity contribution in [3.63, 3.8) is 0 Å². The molecular formula is C51H98N2O7. The predicted molar refractivity (Wildman–Crippen MR) is 250 cm³/mol. The van der Waals surface area contributed by atoms with E-state index in [9.17, 15) is 19.2 Å². The molecule has 9 nitrogen and oxygen atoms in total. The Bertz CT molecular complexity index is 977. The second-order valence-electron chi connectivity index (χ2n) is 18.0. The normalized spacial score (nSPS) is 12.3. The number of amides is 2. The Morgan fingerprint density at radius 1 is 0.433 bits per heavy atom. The molecule has 2 amide bonds. The first-order chi connectivity index (χ1) is 29.3. The van der Waals surface area contributed by atoms with Gasteiger partial charge >= 0.3 is 11.9 Å². The molecule has 0 rings (SSSR count). The molecule has 0 radical (unpaired) electrons. The third-order valence-corrected chi connectivity index (χ3v) is 12.1. The average molecular weight is 851 g/mol. The van der Waals surface area contributed by atoms with Crippen LogP contribution in [0.5, 0.6) is 0 Å². The van der Waals surface area contributed by atoms with E-state index in [2.05, 4.69) is 24.5 Å². The summed E-state index contributed by atoms with van der Waals surface area (Å²) in [5, 5.41) is 22.6. The zero-order valence-electron chi connectivity index (χ0n) is 39.5. The number of ether oxygens (including phenoxy) is 1. The highest BCUT2D eigenvalue weighted by Crippen LogP contribution is 2.20. The molecule has 9 heteroatoms. The van der Waals surface area contributed by atoms with Crippen LogP contribution in [0.3, 0.4) is 0 Å². The molecule has 0 bridgehead atoms. The second kappa shape index (κ2) is 46.3. The van der Waals surface area contributed by atoms with Crippen LogP contribution in [0.4, 0.5) is 0 Å². The molecule has 0 heterocycles. The molecule has 0 saturated heterocycles. The van der Waals surface area contributed by atoms with Crippen LogP contribution < -0.4 is 10.6 Å². The molecule has 2 unspecified atom stereocenters. The summed E-state index contributed by atoms with van der Waals surface area (Å²) in [4.78, 5) is 47.8. The van der Waals surface area contributed by atoms with Gasteiger partial charge < -0.3 is 25.6 Å². The number of rotatable bonds is 48. The van der Waals surface area contributed by atoms with E-state index in [4.69, 9.17) is 14.9 Å². The van der Waals surface area contributed by atoms with Gasteiger partial charge in [-0.25, -0.2) is 4.79 Å². The van der Waals surface area contributed by atoms with Crippen LogP contribution in [0, 0.1) is 0 Å². The summed E-state index contributed by atoms with van der Waals surface area (Å²) >= 11 is 0. The van der Waals surface area contributed by atoms with Gasteiger partial charge in [-0.1, -0.05) is 226 Å². The van der Waals surface area contributed by atoms with Gasteiger partial charge in [-0.05, 0) is 38.5 Å². The zero-order valence-corrected chi connectivity index (χ0v) is 39.5. The number of hydrogen-bond acceptors (Lipinski definition) is 6. The fourth-order valence-electron chi connectivity index (χ4n) is 8.13. The van der Waals surface area contributed by atoms with Crippen LogP contribution in [0.15, 0.2) is 0 Å². The number of carboxylic acid groups (broad SMARTS) is 1. The number of carbonyl (C=O) groups is 4. The highest BCUT2D eigenvalue weighted by Gasteiger charge is 2.19. The van der Waals surface area contributed by atoms with Gasteiger partial charge in [0.1, 0.15) is 12.1 Å². The molecule has 354 valence electrons. The SMILES string of the molecule is CCCCCCCCCCCCCCCCCCCC(=O)OC(CCCCCCCCCCCCCCCCC)CCCCCCCC(=O)NCC(=O)NC(CO)C(=O)O. The molecule has 0 aromatic heterocycles. The second-order valence-corrected chi connectivity index (χ2v) is 18.0. The third kappa shape index (κ3) is 42.5. The van der Waals surface area contributed by atoms with Gasteiger partial charge in [0.25, 0.3) is 0 Å². The van der Waals surface area contributed by atoms with Gasteiger partial charge in [0.15, 0.2) is 0 Å². The molecule has 0 saturated carbocycles. The van der Waals surface area contributed by atoms with Crippen molar-refractivity contribution in [1.82, 2.24) is 10.6 Å². The van der Waals surface area contributed by atoms with Crippen LogP contribution in [-0.4, -0.2) is 59.3 Å². The minimum absolute atomic E-state index is 0.00579. The minimum Gasteiger partial charge on any atom is -0.480 e. The number of hydrogen-bond donors (Lipinski definition) is 4. The van der Waals surface area contributed by atoms with Crippen molar-refractivity contribution in [3.05, 3.63) is 0 Å². The van der Waals surface area contributed by atoms with Crippen LogP contribution in [0.2, 0.25) is 0 Å². The summed E-state index contributed by atoms with van der Waals surface area (Å²) in [6, 6.07) is -1.38. The fraction of sp³-hybridized carbons (Fsp3) is 0.922. The quantitative estimate of drug-likeness (QED) is 0.0353. The van der Waals surface area contributed by atoms with Gasteiger partial charge in [-0.15, -0.1) is 0 Å². The van der Waals surface area contributed by atoms with Gasteiger partial charge in [0.2, 0.25) is 11.8 Å². The zero-order chi connectivity index (χ0) is 44.0. The van der Waals surface area contributed by atoms with Crippen molar-refractivity contribution in [2.45, 2.75) is 289 Å². The molecule has 0 aliphatic rings. The first kappa shape index (κ1) is 57.8. The largest absolute Gasteiger partial charge is 0.480 e. The van der Waals surface area contributed by atoms with Crippen molar-refractivity contribution >= 4 is 23.8 Å². The number of unbranched alkanes of at least 4 members (excludes halogenated alkanes) is 34. The Kier molecular flexibility index (Phi) is 44.7. The molecule has 2 atom stereocenters. The molecule has 0 spiro atoms. The highest BCUT2D eigenvalue weighted by atomic mass is 16.5. The summed E-state index contributed by atoms with van der Waals surface area (Å²) in [6.45, 7) is 3.53. The lowest BCUT2D eigenvalue weighted by atomic mass is 10.0. The lowest BCUT2D eigenvalue weighted by molar-refractivity contribution is -0.150. The molecule has 0 aromatic carbocycles. The number of aliphatic hydroxyl groups is 1.